The van der Waals surface area contributed by atoms with Gasteiger partial charge in [-0.15, -0.1) is 0 Å². The Morgan fingerprint density at radius 3 is 2.62 bits per heavy atom. The maximum absolute atomic E-state index is 13.5. The Kier molecular flexibility index (Phi) is 4.52. The molecule has 3 nitrogen and oxygen atoms in total. The lowest BCUT2D eigenvalue weighted by molar-refractivity contribution is -0.115. The van der Waals surface area contributed by atoms with Crippen LogP contribution in [-0.4, -0.2) is 13.0 Å². The summed E-state index contributed by atoms with van der Waals surface area (Å²) in [6.45, 7) is 1.90. The molecular formula is C16H15F2NO2. The zero-order valence-electron chi connectivity index (χ0n) is 11.7. The molecule has 21 heavy (non-hydrogen) atoms. The Balaban J connectivity index is 2.13. The minimum atomic E-state index is -0.806. The number of hydrogen-bond acceptors (Lipinski definition) is 2. The lowest BCUT2D eigenvalue weighted by Gasteiger charge is -2.10. The maximum atomic E-state index is 13.5. The van der Waals surface area contributed by atoms with E-state index in [0.29, 0.717) is 11.3 Å². The van der Waals surface area contributed by atoms with E-state index < -0.39 is 17.5 Å². The van der Waals surface area contributed by atoms with Crippen molar-refractivity contribution in [1.29, 1.82) is 0 Å². The van der Waals surface area contributed by atoms with Gasteiger partial charge in [0.2, 0.25) is 5.91 Å². The van der Waals surface area contributed by atoms with E-state index in [1.54, 1.807) is 6.07 Å². The number of hydrogen-bond donors (Lipinski definition) is 1. The molecule has 0 aromatic heterocycles. The smallest absolute Gasteiger partial charge is 0.229 e. The molecule has 0 saturated carbocycles. The van der Waals surface area contributed by atoms with Crippen molar-refractivity contribution in [3.8, 4) is 5.75 Å². The first-order valence-corrected chi connectivity index (χ1v) is 6.38. The van der Waals surface area contributed by atoms with Crippen LogP contribution < -0.4 is 10.1 Å². The number of amides is 1. The maximum Gasteiger partial charge on any atom is 0.229 e. The Hall–Kier alpha value is -2.43. The van der Waals surface area contributed by atoms with Crippen LogP contribution in [0.25, 0.3) is 0 Å². The fraction of sp³-hybridized carbons (Fsp3) is 0.188. The Labute approximate surface area is 121 Å². The fourth-order valence-corrected chi connectivity index (χ4v) is 2.00. The van der Waals surface area contributed by atoms with Gasteiger partial charge in [0.1, 0.15) is 17.4 Å². The second kappa shape index (κ2) is 6.35. The minimum Gasteiger partial charge on any atom is -0.496 e. The highest BCUT2D eigenvalue weighted by atomic mass is 19.1. The summed E-state index contributed by atoms with van der Waals surface area (Å²) < 4.78 is 31.5. The van der Waals surface area contributed by atoms with Crippen LogP contribution >= 0.6 is 0 Å². The molecule has 2 aromatic rings. The summed E-state index contributed by atoms with van der Waals surface area (Å²) in [5.74, 6) is -1.30. The number of methoxy groups -OCH3 is 1. The number of halogens is 2. The van der Waals surface area contributed by atoms with Crippen LogP contribution in [0.2, 0.25) is 0 Å². The molecule has 0 fully saturated rings. The highest BCUT2D eigenvalue weighted by Gasteiger charge is 2.11. The van der Waals surface area contributed by atoms with E-state index in [-0.39, 0.29) is 12.1 Å². The summed E-state index contributed by atoms with van der Waals surface area (Å²) in [4.78, 5) is 12.0. The van der Waals surface area contributed by atoms with Gasteiger partial charge in [-0.1, -0.05) is 17.7 Å². The molecule has 0 radical (unpaired) electrons. The molecule has 2 rings (SSSR count). The molecule has 1 N–H and O–H groups in total. The van der Waals surface area contributed by atoms with E-state index in [0.717, 1.165) is 17.7 Å². The van der Waals surface area contributed by atoms with Crippen molar-refractivity contribution in [2.24, 2.45) is 0 Å². The van der Waals surface area contributed by atoms with Crippen LogP contribution in [0.15, 0.2) is 36.4 Å². The summed E-state index contributed by atoms with van der Waals surface area (Å²) in [6.07, 6.45) is 0.0433. The standard InChI is InChI=1S/C16H15F2NO2/c1-10-3-6-15(21-2)11(7-10)8-16(20)19-14-5-4-12(17)9-13(14)18/h3-7,9H,8H2,1-2H3,(H,19,20). The third-order valence-electron chi connectivity index (χ3n) is 2.99. The third kappa shape index (κ3) is 3.78. The molecule has 0 heterocycles. The van der Waals surface area contributed by atoms with E-state index in [9.17, 15) is 13.6 Å². The fourth-order valence-electron chi connectivity index (χ4n) is 2.00. The molecule has 1 amide bonds. The zero-order chi connectivity index (χ0) is 15.4. The highest BCUT2D eigenvalue weighted by Crippen LogP contribution is 2.21. The number of rotatable bonds is 4. The second-order valence-electron chi connectivity index (χ2n) is 4.66. The predicted octanol–water partition coefficient (Wildman–Crippen LogP) is 3.46. The minimum absolute atomic E-state index is 0.0433. The van der Waals surface area contributed by atoms with E-state index in [2.05, 4.69) is 5.32 Å². The van der Waals surface area contributed by atoms with Crippen molar-refractivity contribution in [2.75, 3.05) is 12.4 Å². The van der Waals surface area contributed by atoms with Gasteiger partial charge in [-0.3, -0.25) is 4.79 Å². The van der Waals surface area contributed by atoms with Crippen LogP contribution in [0.5, 0.6) is 5.75 Å². The van der Waals surface area contributed by atoms with Gasteiger partial charge in [0, 0.05) is 11.6 Å². The SMILES string of the molecule is COc1ccc(C)cc1CC(=O)Nc1ccc(F)cc1F. The van der Waals surface area contributed by atoms with Crippen LogP contribution in [-0.2, 0) is 11.2 Å². The first-order chi connectivity index (χ1) is 9.99. The topological polar surface area (TPSA) is 38.3 Å². The summed E-state index contributed by atoms with van der Waals surface area (Å²) in [7, 11) is 1.52. The molecule has 5 heteroatoms. The van der Waals surface area contributed by atoms with Crippen molar-refractivity contribution >= 4 is 11.6 Å². The summed E-state index contributed by atoms with van der Waals surface area (Å²) >= 11 is 0. The number of benzene rings is 2. The highest BCUT2D eigenvalue weighted by molar-refractivity contribution is 5.92. The number of anilines is 1. The lowest BCUT2D eigenvalue weighted by Crippen LogP contribution is -2.16. The number of aryl methyl sites for hydroxylation is 1. The molecule has 0 spiro atoms. The number of nitrogens with one attached hydrogen (secondary N) is 1. The number of ether oxygens (including phenoxy) is 1. The Morgan fingerprint density at radius 2 is 1.95 bits per heavy atom. The monoisotopic (exact) mass is 291 g/mol. The van der Waals surface area contributed by atoms with Crippen molar-refractivity contribution in [3.63, 3.8) is 0 Å². The van der Waals surface area contributed by atoms with Crippen molar-refractivity contribution in [1.82, 2.24) is 0 Å². The summed E-state index contributed by atoms with van der Waals surface area (Å²) in [6, 6.07) is 8.49. The molecule has 2 aromatic carbocycles. The van der Waals surface area contributed by atoms with Crippen LogP contribution in [0.4, 0.5) is 14.5 Å². The number of carbonyl (C=O) groups excluding carboxylic acids is 1. The van der Waals surface area contributed by atoms with Gasteiger partial charge in [0.15, 0.2) is 0 Å². The summed E-state index contributed by atoms with van der Waals surface area (Å²) in [5, 5.41) is 2.42. The Bertz CT molecular complexity index is 671. The van der Waals surface area contributed by atoms with Crippen LogP contribution in [0.1, 0.15) is 11.1 Å². The van der Waals surface area contributed by atoms with Gasteiger partial charge in [-0.25, -0.2) is 8.78 Å². The first kappa shape index (κ1) is 15.0. The van der Waals surface area contributed by atoms with Gasteiger partial charge in [0.05, 0.1) is 19.2 Å². The molecule has 0 saturated heterocycles. The van der Waals surface area contributed by atoms with Gasteiger partial charge >= 0.3 is 0 Å². The molecule has 0 atom stereocenters. The molecule has 110 valence electrons. The Morgan fingerprint density at radius 1 is 1.19 bits per heavy atom. The third-order valence-corrected chi connectivity index (χ3v) is 2.99. The summed E-state index contributed by atoms with van der Waals surface area (Å²) in [5.41, 5.74) is 1.65. The molecule has 0 unspecified atom stereocenters. The quantitative estimate of drug-likeness (QED) is 0.936. The van der Waals surface area contributed by atoms with Gasteiger partial charge in [-0.2, -0.15) is 0 Å². The molecule has 0 bridgehead atoms. The van der Waals surface area contributed by atoms with E-state index >= 15 is 0 Å². The van der Waals surface area contributed by atoms with Gasteiger partial charge in [0.25, 0.3) is 0 Å². The zero-order valence-corrected chi connectivity index (χ0v) is 11.7. The van der Waals surface area contributed by atoms with Crippen molar-refractivity contribution in [2.45, 2.75) is 13.3 Å². The van der Waals surface area contributed by atoms with Crippen LogP contribution in [0, 0.1) is 18.6 Å². The van der Waals surface area contributed by atoms with Crippen molar-refractivity contribution < 1.29 is 18.3 Å². The molecule has 0 aliphatic rings. The lowest BCUT2D eigenvalue weighted by atomic mass is 10.1. The van der Waals surface area contributed by atoms with Crippen LogP contribution in [0.3, 0.4) is 0 Å². The first-order valence-electron chi connectivity index (χ1n) is 6.38. The number of carbonyl (C=O) groups is 1. The largest absolute Gasteiger partial charge is 0.496 e. The van der Waals surface area contributed by atoms with Gasteiger partial charge < -0.3 is 10.1 Å². The average molecular weight is 291 g/mol. The molecule has 0 aliphatic carbocycles. The molecule has 0 aliphatic heterocycles. The van der Waals surface area contributed by atoms with E-state index in [1.165, 1.54) is 13.2 Å². The van der Waals surface area contributed by atoms with Crippen molar-refractivity contribution in [3.05, 3.63) is 59.2 Å². The van der Waals surface area contributed by atoms with E-state index in [4.69, 9.17) is 4.74 Å². The van der Waals surface area contributed by atoms with Gasteiger partial charge in [-0.05, 0) is 25.1 Å². The second-order valence-corrected chi connectivity index (χ2v) is 4.66. The van der Waals surface area contributed by atoms with E-state index in [1.807, 2.05) is 19.1 Å². The molecular weight excluding hydrogens is 276 g/mol. The predicted molar refractivity (Wildman–Crippen MR) is 76.4 cm³/mol. The average Bonchev–Trinajstić information content (AvgIpc) is 2.42. The normalized spacial score (nSPS) is 10.3.